The average Bonchev–Trinajstić information content (AvgIpc) is 3.54. The second-order valence-electron chi connectivity index (χ2n) is 11.3. The molecule has 1 saturated heterocycles. The van der Waals surface area contributed by atoms with E-state index >= 15 is 4.39 Å². The normalized spacial score (nSPS) is 18.1. The maximum Gasteiger partial charge on any atom is 0.240 e. The van der Waals surface area contributed by atoms with Crippen LogP contribution in [-0.4, -0.2) is 65.0 Å². The van der Waals surface area contributed by atoms with E-state index in [0.29, 0.717) is 34.9 Å². The van der Waals surface area contributed by atoms with Gasteiger partial charge in [-0.2, -0.15) is 5.10 Å². The number of carbonyl (C=O) groups is 2. The Balaban J connectivity index is 1.60. The van der Waals surface area contributed by atoms with Crippen LogP contribution in [0.15, 0.2) is 48.5 Å². The molecule has 10 heteroatoms. The fourth-order valence-corrected chi connectivity index (χ4v) is 6.55. The van der Waals surface area contributed by atoms with Crippen LogP contribution in [0.4, 0.5) is 14.6 Å². The average molecular weight is 568 g/mol. The van der Waals surface area contributed by atoms with E-state index in [-0.39, 0.29) is 29.9 Å². The minimum absolute atomic E-state index is 0.0573. The zero-order valence-electron chi connectivity index (χ0n) is 23.1. The number of thioether (sulfide) groups is 1. The number of hydrogen-bond acceptors (Lipinski definition) is 5. The summed E-state index contributed by atoms with van der Waals surface area (Å²) in [5.74, 6) is -0.860. The van der Waals surface area contributed by atoms with Crippen LogP contribution < -0.4 is 10.2 Å². The molecule has 1 unspecified atom stereocenters. The third-order valence-corrected chi connectivity index (χ3v) is 8.55. The first kappa shape index (κ1) is 28.3. The van der Waals surface area contributed by atoms with Gasteiger partial charge in [-0.25, -0.2) is 13.5 Å². The van der Waals surface area contributed by atoms with Crippen molar-refractivity contribution in [3.63, 3.8) is 0 Å². The number of carbonyl (C=O) groups excluding carboxylic acids is 2. The minimum Gasteiger partial charge on any atom is -0.353 e. The Morgan fingerprint density at radius 1 is 1.07 bits per heavy atom. The predicted molar refractivity (Wildman–Crippen MR) is 154 cm³/mol. The molecule has 2 aliphatic rings. The molecule has 40 heavy (non-hydrogen) atoms. The van der Waals surface area contributed by atoms with E-state index in [0.717, 1.165) is 19.6 Å². The SMILES string of the molecule is CC(C)(C)c1nn(-c2ccc(F)cc2)c2c1C(c1ccccc1F)SCC(=O)N2CC(=O)NCCN1CCCC1. The van der Waals surface area contributed by atoms with Crippen LogP contribution in [0.25, 0.3) is 5.69 Å². The van der Waals surface area contributed by atoms with Crippen LogP contribution >= 0.6 is 11.8 Å². The van der Waals surface area contributed by atoms with Gasteiger partial charge >= 0.3 is 0 Å². The van der Waals surface area contributed by atoms with Gasteiger partial charge in [0, 0.05) is 29.6 Å². The van der Waals surface area contributed by atoms with Gasteiger partial charge in [0.2, 0.25) is 11.8 Å². The third-order valence-electron chi connectivity index (χ3n) is 7.31. The van der Waals surface area contributed by atoms with Gasteiger partial charge in [0.05, 0.1) is 22.4 Å². The maximum absolute atomic E-state index is 15.2. The van der Waals surface area contributed by atoms with Gasteiger partial charge in [-0.15, -0.1) is 11.8 Å². The lowest BCUT2D eigenvalue weighted by Gasteiger charge is -2.25. The van der Waals surface area contributed by atoms with Gasteiger partial charge in [0.15, 0.2) is 0 Å². The Kier molecular flexibility index (Phi) is 8.28. The van der Waals surface area contributed by atoms with E-state index < -0.39 is 16.5 Å². The van der Waals surface area contributed by atoms with E-state index in [1.807, 2.05) is 20.8 Å². The Labute approximate surface area is 237 Å². The molecule has 0 bridgehead atoms. The highest BCUT2D eigenvalue weighted by molar-refractivity contribution is 8.00. The van der Waals surface area contributed by atoms with Crippen molar-refractivity contribution in [3.05, 3.63) is 77.0 Å². The molecular weight excluding hydrogens is 532 g/mol. The van der Waals surface area contributed by atoms with E-state index in [1.54, 1.807) is 35.0 Å². The molecule has 0 aliphatic carbocycles. The number of fused-ring (bicyclic) bond motifs is 1. The van der Waals surface area contributed by atoms with Crippen LogP contribution in [0.2, 0.25) is 0 Å². The van der Waals surface area contributed by atoms with Crippen LogP contribution in [-0.2, 0) is 15.0 Å². The summed E-state index contributed by atoms with van der Waals surface area (Å²) in [6.07, 6.45) is 2.34. The quantitative estimate of drug-likeness (QED) is 0.443. The van der Waals surface area contributed by atoms with E-state index in [1.165, 1.54) is 47.7 Å². The van der Waals surface area contributed by atoms with E-state index in [2.05, 4.69) is 10.2 Å². The maximum atomic E-state index is 15.2. The summed E-state index contributed by atoms with van der Waals surface area (Å²) >= 11 is 1.33. The molecule has 0 radical (unpaired) electrons. The van der Waals surface area contributed by atoms with Gasteiger partial charge in [0.25, 0.3) is 0 Å². The summed E-state index contributed by atoms with van der Waals surface area (Å²) in [4.78, 5) is 30.6. The summed E-state index contributed by atoms with van der Waals surface area (Å²) in [6, 6.07) is 12.4. The highest BCUT2D eigenvalue weighted by atomic mass is 32.2. The fourth-order valence-electron chi connectivity index (χ4n) is 5.33. The smallest absolute Gasteiger partial charge is 0.240 e. The zero-order valence-corrected chi connectivity index (χ0v) is 23.9. The summed E-state index contributed by atoms with van der Waals surface area (Å²) in [6.45, 7) is 9.15. The molecule has 7 nitrogen and oxygen atoms in total. The first-order valence-corrected chi connectivity index (χ1v) is 14.7. The predicted octanol–water partition coefficient (Wildman–Crippen LogP) is 4.83. The molecule has 2 aromatic carbocycles. The van der Waals surface area contributed by atoms with Crippen LogP contribution in [0.1, 0.15) is 55.7 Å². The van der Waals surface area contributed by atoms with Crippen molar-refractivity contribution in [3.8, 4) is 5.69 Å². The van der Waals surface area contributed by atoms with Gasteiger partial charge in [-0.1, -0.05) is 39.0 Å². The number of halogens is 2. The number of hydrogen-bond donors (Lipinski definition) is 1. The summed E-state index contributed by atoms with van der Waals surface area (Å²) in [5.41, 5.74) is 1.88. The molecule has 2 aliphatic heterocycles. The van der Waals surface area contributed by atoms with Crippen LogP contribution in [0, 0.1) is 11.6 Å². The second-order valence-corrected chi connectivity index (χ2v) is 12.4. The zero-order chi connectivity index (χ0) is 28.4. The van der Waals surface area contributed by atoms with E-state index in [9.17, 15) is 14.0 Å². The number of nitrogens with zero attached hydrogens (tertiary/aromatic N) is 4. The van der Waals surface area contributed by atoms with Crippen molar-refractivity contribution in [2.24, 2.45) is 0 Å². The first-order valence-electron chi connectivity index (χ1n) is 13.7. The molecule has 0 spiro atoms. The molecule has 1 aromatic heterocycles. The van der Waals surface area contributed by atoms with Crippen molar-refractivity contribution < 1.29 is 18.4 Å². The molecule has 212 valence electrons. The van der Waals surface area contributed by atoms with Crippen LogP contribution in [0.3, 0.4) is 0 Å². The fraction of sp³-hybridized carbons (Fsp3) is 0.433. The van der Waals surface area contributed by atoms with Crippen LogP contribution in [0.5, 0.6) is 0 Å². The number of aromatic nitrogens is 2. The number of nitrogens with one attached hydrogen (secondary N) is 1. The second kappa shape index (κ2) is 11.7. The Hall–Kier alpha value is -3.24. The summed E-state index contributed by atoms with van der Waals surface area (Å²) < 4.78 is 30.7. The molecule has 2 amide bonds. The van der Waals surface area contributed by atoms with Crippen molar-refractivity contribution in [2.45, 2.75) is 44.3 Å². The lowest BCUT2D eigenvalue weighted by Crippen LogP contribution is -2.44. The monoisotopic (exact) mass is 567 g/mol. The Bertz CT molecular complexity index is 1380. The van der Waals surface area contributed by atoms with Crippen molar-refractivity contribution >= 4 is 29.4 Å². The molecule has 1 atom stereocenters. The number of rotatable bonds is 7. The Morgan fingerprint density at radius 3 is 2.45 bits per heavy atom. The largest absolute Gasteiger partial charge is 0.353 e. The third kappa shape index (κ3) is 5.93. The molecular formula is C30H35F2N5O2S. The molecule has 1 N–H and O–H groups in total. The number of anilines is 1. The molecule has 3 aromatic rings. The first-order chi connectivity index (χ1) is 19.1. The van der Waals surface area contributed by atoms with E-state index in [4.69, 9.17) is 5.10 Å². The lowest BCUT2D eigenvalue weighted by molar-refractivity contribution is -0.122. The molecule has 1 fully saturated rings. The molecule has 5 rings (SSSR count). The molecule has 0 saturated carbocycles. The number of amides is 2. The summed E-state index contributed by atoms with van der Waals surface area (Å²) in [5, 5.41) is 7.37. The molecule has 3 heterocycles. The summed E-state index contributed by atoms with van der Waals surface area (Å²) in [7, 11) is 0. The van der Waals surface area contributed by atoms with Gasteiger partial charge < -0.3 is 10.2 Å². The van der Waals surface area contributed by atoms with Crippen molar-refractivity contribution in [2.75, 3.05) is 43.4 Å². The highest BCUT2D eigenvalue weighted by Crippen LogP contribution is 2.48. The number of likely N-dealkylation sites (tertiary alicyclic amines) is 1. The standard InChI is InChI=1S/C30H35F2N5O2S/c1-30(2,3)28-26-27(22-8-4-5-9-23(22)32)40-19-25(39)36(18-24(38)33-14-17-35-15-6-7-16-35)29(26)37(34-28)21-12-10-20(31)11-13-21/h4-5,8-13,27H,6-7,14-19H2,1-3H3,(H,33,38). The van der Waals surface area contributed by atoms with Crippen molar-refractivity contribution in [1.29, 1.82) is 0 Å². The van der Waals surface area contributed by atoms with Gasteiger partial charge in [-0.3, -0.25) is 14.5 Å². The number of benzene rings is 2. The minimum atomic E-state index is -0.535. The highest BCUT2D eigenvalue weighted by Gasteiger charge is 2.40. The lowest BCUT2D eigenvalue weighted by atomic mass is 9.87. The van der Waals surface area contributed by atoms with Crippen molar-refractivity contribution in [1.82, 2.24) is 20.0 Å². The van der Waals surface area contributed by atoms with Gasteiger partial charge in [-0.05, 0) is 56.3 Å². The van der Waals surface area contributed by atoms with Gasteiger partial charge in [0.1, 0.15) is 24.0 Å². The Morgan fingerprint density at radius 2 is 1.77 bits per heavy atom. The topological polar surface area (TPSA) is 70.5 Å².